The number of rotatable bonds is 9. The highest BCUT2D eigenvalue weighted by molar-refractivity contribution is 7.17. The van der Waals surface area contributed by atoms with Crippen LogP contribution in [0.5, 0.6) is 0 Å². The van der Waals surface area contributed by atoms with E-state index in [1.165, 1.54) is 36.2 Å². The Kier molecular flexibility index (Phi) is 16.0. The van der Waals surface area contributed by atoms with Gasteiger partial charge in [0.1, 0.15) is 16.2 Å². The summed E-state index contributed by atoms with van der Waals surface area (Å²) < 4.78 is 6.96. The normalized spacial score (nSPS) is 19.1. The first kappa shape index (κ1) is 45.6. The van der Waals surface area contributed by atoms with Gasteiger partial charge in [-0.2, -0.15) is 0 Å². The molecule has 2 aromatic heterocycles. The molecule has 320 valence electrons. The first-order chi connectivity index (χ1) is 28.1. The van der Waals surface area contributed by atoms with E-state index in [0.717, 1.165) is 78.9 Å². The predicted molar refractivity (Wildman–Crippen MR) is 247 cm³/mol. The number of nitrogens with zero attached hydrogens (tertiary/aromatic N) is 5. The van der Waals surface area contributed by atoms with Crippen LogP contribution in [-0.2, 0) is 16.0 Å². The molecule has 0 unspecified atom stereocenters. The molecule has 7 rings (SSSR count). The summed E-state index contributed by atoms with van der Waals surface area (Å²) in [6.07, 6.45) is 17.3. The fourth-order valence-electron chi connectivity index (χ4n) is 7.78. The van der Waals surface area contributed by atoms with Crippen LogP contribution in [0.15, 0.2) is 85.1 Å². The highest BCUT2D eigenvalue weighted by Crippen LogP contribution is 2.36. The summed E-state index contributed by atoms with van der Waals surface area (Å²) in [5.74, 6) is 2.13. The van der Waals surface area contributed by atoms with Crippen molar-refractivity contribution in [1.82, 2.24) is 14.7 Å². The van der Waals surface area contributed by atoms with Gasteiger partial charge in [0, 0.05) is 80.5 Å². The molecule has 0 N–H and O–H groups in total. The number of likely N-dealkylation sites (N-methyl/N-ethyl adjacent to an activating group) is 1. The maximum atomic E-state index is 12.8. The quantitative estimate of drug-likeness (QED) is 0.213. The Morgan fingerprint density at radius 3 is 2.15 bits per heavy atom. The fourth-order valence-corrected chi connectivity index (χ4v) is 8.70. The van der Waals surface area contributed by atoms with E-state index in [-0.39, 0.29) is 17.3 Å². The third-order valence-corrected chi connectivity index (χ3v) is 12.0. The SMILES string of the molecule is C/C=C1/C=C(C(=O)N(C)C)N(C2CCCC2)/C1=N/C(C)=C\CC.CC(C)(C)C.CCCc1ccc(-c2csc3c(=O)cc(N4CCN(C(=O)C5CCC5)CC4)oc23)cc1. The van der Waals surface area contributed by atoms with Crippen molar-refractivity contribution in [3.8, 4) is 11.1 Å². The second kappa shape index (κ2) is 20.7. The van der Waals surface area contributed by atoms with Crippen LogP contribution in [0.3, 0.4) is 0 Å². The molecule has 4 heterocycles. The number of aryl methyl sites for hydroxylation is 1. The molecule has 4 aliphatic rings. The van der Waals surface area contributed by atoms with Gasteiger partial charge in [-0.3, -0.25) is 14.4 Å². The standard InChI is InChI=1S/C25H28N2O3S.C19H29N3O.C5H12/c1-2-4-17-7-9-18(10-8-17)20-16-31-24-21(28)15-22(30-23(20)24)26-11-13-27(14-12-26)25(29)19-5-3-6-19;1-6-10-14(3)20-18-15(7-2)13-17(19(23)21(4)5)22(18)16-11-8-9-12-16;1-5(2,3)4/h7-10,15-16,19H,2-6,11-14H2,1H3;7,10,13,16H,6,8-9,11-12H2,1-5H3;1-4H3/b;14-10-,15-7-,20-18+;. The lowest BCUT2D eigenvalue weighted by Crippen LogP contribution is -2.51. The molecule has 9 nitrogen and oxygen atoms in total. The van der Waals surface area contributed by atoms with Gasteiger partial charge in [-0.15, -0.1) is 11.3 Å². The number of amidine groups is 1. The molecule has 2 aliphatic carbocycles. The molecular formula is C49H69N5O4S. The number of piperazine rings is 1. The van der Waals surface area contributed by atoms with Gasteiger partial charge in [-0.25, -0.2) is 4.99 Å². The van der Waals surface area contributed by atoms with Gasteiger partial charge in [-0.1, -0.05) is 104 Å². The van der Waals surface area contributed by atoms with Crippen molar-refractivity contribution in [1.29, 1.82) is 0 Å². The Labute approximate surface area is 357 Å². The third-order valence-electron chi connectivity index (χ3n) is 11.0. The number of benzene rings is 1. The minimum absolute atomic E-state index is 0.00285. The Balaban J connectivity index is 0.000000209. The van der Waals surface area contributed by atoms with Crippen LogP contribution in [0.2, 0.25) is 0 Å². The van der Waals surface area contributed by atoms with Gasteiger partial charge in [0.05, 0.1) is 0 Å². The van der Waals surface area contributed by atoms with E-state index in [1.54, 1.807) is 11.0 Å². The molecule has 3 fully saturated rings. The van der Waals surface area contributed by atoms with Crippen molar-refractivity contribution in [3.63, 3.8) is 0 Å². The Morgan fingerprint density at radius 2 is 1.61 bits per heavy atom. The average molecular weight is 824 g/mol. The fraction of sp³-hybridized carbons (Fsp3) is 0.551. The molecular weight excluding hydrogens is 755 g/mol. The predicted octanol–water partition coefficient (Wildman–Crippen LogP) is 10.9. The number of carbonyl (C=O) groups excluding carboxylic acids is 2. The summed E-state index contributed by atoms with van der Waals surface area (Å²) in [4.78, 5) is 50.7. The van der Waals surface area contributed by atoms with Gasteiger partial charge >= 0.3 is 0 Å². The van der Waals surface area contributed by atoms with E-state index >= 15 is 0 Å². The van der Waals surface area contributed by atoms with E-state index in [1.807, 2.05) is 44.3 Å². The van der Waals surface area contributed by atoms with E-state index in [0.29, 0.717) is 59.7 Å². The van der Waals surface area contributed by atoms with Crippen molar-refractivity contribution < 1.29 is 14.0 Å². The van der Waals surface area contributed by atoms with Crippen molar-refractivity contribution in [2.45, 2.75) is 126 Å². The largest absolute Gasteiger partial charge is 0.439 e. The second-order valence-corrected chi connectivity index (χ2v) is 19.0. The number of fused-ring (bicyclic) bond motifs is 1. The number of hydrogen-bond donors (Lipinski definition) is 0. The van der Waals surface area contributed by atoms with Crippen LogP contribution >= 0.6 is 11.3 Å². The van der Waals surface area contributed by atoms with Crippen LogP contribution in [0.25, 0.3) is 21.4 Å². The molecule has 1 saturated heterocycles. The number of anilines is 1. The maximum absolute atomic E-state index is 12.8. The van der Waals surface area contributed by atoms with Crippen molar-refractivity contribution in [3.05, 3.63) is 86.7 Å². The summed E-state index contributed by atoms with van der Waals surface area (Å²) in [5.41, 5.74) is 7.36. The van der Waals surface area contributed by atoms with Gasteiger partial charge in [0.2, 0.25) is 11.3 Å². The zero-order chi connectivity index (χ0) is 42.9. The molecule has 2 saturated carbocycles. The minimum Gasteiger partial charge on any atom is -0.439 e. The zero-order valence-electron chi connectivity index (χ0n) is 37.5. The van der Waals surface area contributed by atoms with Crippen molar-refractivity contribution in [2.75, 3.05) is 45.2 Å². The van der Waals surface area contributed by atoms with Gasteiger partial charge in [-0.05, 0) is 75.0 Å². The summed E-state index contributed by atoms with van der Waals surface area (Å²) in [5, 5.41) is 2.02. The average Bonchev–Trinajstić information content (AvgIpc) is 3.94. The lowest BCUT2D eigenvalue weighted by Gasteiger charge is -2.38. The Bertz CT molecular complexity index is 2070. The van der Waals surface area contributed by atoms with Crippen LogP contribution in [-0.4, -0.2) is 78.7 Å². The van der Waals surface area contributed by atoms with Crippen LogP contribution in [0, 0.1) is 11.3 Å². The summed E-state index contributed by atoms with van der Waals surface area (Å²) in [7, 11) is 3.62. The molecule has 2 aliphatic heterocycles. The molecule has 0 radical (unpaired) electrons. The molecule has 2 amide bonds. The van der Waals surface area contributed by atoms with Gasteiger partial charge in [0.15, 0.2) is 11.5 Å². The number of amides is 2. The molecule has 3 aromatic rings. The highest BCUT2D eigenvalue weighted by atomic mass is 32.1. The van der Waals surface area contributed by atoms with E-state index < -0.39 is 0 Å². The first-order valence-electron chi connectivity index (χ1n) is 22.0. The summed E-state index contributed by atoms with van der Waals surface area (Å²) >= 11 is 1.44. The zero-order valence-corrected chi connectivity index (χ0v) is 38.3. The number of thiophene rings is 1. The van der Waals surface area contributed by atoms with E-state index in [9.17, 15) is 14.4 Å². The maximum Gasteiger partial charge on any atom is 0.270 e. The molecule has 59 heavy (non-hydrogen) atoms. The summed E-state index contributed by atoms with van der Waals surface area (Å²) in [6, 6.07) is 10.5. The van der Waals surface area contributed by atoms with Gasteiger partial charge < -0.3 is 24.0 Å². The lowest BCUT2D eigenvalue weighted by atomic mass is 9.84. The number of hydrogen-bond acceptors (Lipinski definition) is 7. The highest BCUT2D eigenvalue weighted by Gasteiger charge is 2.37. The molecule has 0 bridgehead atoms. The molecule has 0 atom stereocenters. The number of aliphatic imine (C=N–C) groups is 1. The van der Waals surface area contributed by atoms with Crippen molar-refractivity contribution in [2.24, 2.45) is 16.3 Å². The smallest absolute Gasteiger partial charge is 0.270 e. The minimum atomic E-state index is 0.00285. The van der Waals surface area contributed by atoms with E-state index in [4.69, 9.17) is 9.41 Å². The topological polar surface area (TPSA) is 89.7 Å². The first-order valence-corrected chi connectivity index (χ1v) is 22.8. The van der Waals surface area contributed by atoms with Crippen molar-refractivity contribution >= 4 is 45.2 Å². The number of carbonyl (C=O) groups is 2. The van der Waals surface area contributed by atoms with Crippen LogP contribution in [0.1, 0.15) is 119 Å². The van der Waals surface area contributed by atoms with Crippen LogP contribution < -0.4 is 10.3 Å². The summed E-state index contributed by atoms with van der Waals surface area (Å²) in [6.45, 7) is 19.8. The van der Waals surface area contributed by atoms with Gasteiger partial charge in [0.25, 0.3) is 5.91 Å². The monoisotopic (exact) mass is 824 g/mol. The molecule has 1 aromatic carbocycles. The van der Waals surface area contributed by atoms with Crippen LogP contribution in [0.4, 0.5) is 5.88 Å². The lowest BCUT2D eigenvalue weighted by molar-refractivity contribution is -0.138. The third kappa shape index (κ3) is 11.9. The Hall–Kier alpha value is -4.44. The second-order valence-electron chi connectivity index (χ2n) is 18.1. The van der Waals surface area contributed by atoms with E-state index in [2.05, 4.69) is 87.8 Å². The molecule has 0 spiro atoms. The number of allylic oxidation sites excluding steroid dienone is 3. The Morgan fingerprint density at radius 1 is 0.966 bits per heavy atom. The molecule has 10 heteroatoms.